The zero-order chi connectivity index (χ0) is 25.9. The molecule has 0 unspecified atom stereocenters. The minimum Gasteiger partial charge on any atom is -0.478 e. The van der Waals surface area contributed by atoms with E-state index in [9.17, 15) is 23.5 Å². The third-order valence-corrected chi connectivity index (χ3v) is 6.98. The monoisotopic (exact) mass is 514 g/mol. The van der Waals surface area contributed by atoms with Gasteiger partial charge in [-0.15, -0.1) is 0 Å². The molecule has 1 aliphatic heterocycles. The lowest BCUT2D eigenvalue weighted by Crippen LogP contribution is -2.41. The van der Waals surface area contributed by atoms with Crippen LogP contribution >= 0.6 is 0 Å². The smallest absolute Gasteiger partial charge is 0.370 e. The first-order chi connectivity index (χ1) is 17.9. The third kappa shape index (κ3) is 5.06. The number of tetrazole rings is 1. The number of hydrogen-bond acceptors (Lipinski definition) is 7. The molecule has 10 nitrogen and oxygen atoms in total. The Labute approximate surface area is 211 Å². The second-order valence-electron chi connectivity index (χ2n) is 9.25. The Bertz CT molecular complexity index is 1310. The van der Waals surface area contributed by atoms with Gasteiger partial charge in [0.15, 0.2) is 11.6 Å². The standard InChI is InChI=1S/C25H28F2N6O4/c26-20-7-4-8-21(27)23(20)33-25(36)32(28-29-33)16-31(17-5-2-1-3-6-17)18-9-10-22(19(15-18)24(34)35)30-11-13-37-14-12-30/h4,7-10,15,17H,1-3,5-6,11-14,16H2,(H,34,35). The number of carbonyl (C=O) groups is 1. The van der Waals surface area contributed by atoms with Crippen LogP contribution in [0.1, 0.15) is 42.5 Å². The van der Waals surface area contributed by atoms with Crippen LogP contribution in [0.3, 0.4) is 0 Å². The van der Waals surface area contributed by atoms with Gasteiger partial charge in [-0.2, -0.15) is 9.36 Å². The molecule has 2 aromatic carbocycles. The van der Waals surface area contributed by atoms with Crippen molar-refractivity contribution < 1.29 is 23.4 Å². The molecule has 0 spiro atoms. The van der Waals surface area contributed by atoms with Gasteiger partial charge >= 0.3 is 11.7 Å². The Morgan fingerprint density at radius 3 is 2.43 bits per heavy atom. The summed E-state index contributed by atoms with van der Waals surface area (Å²) in [4.78, 5) is 29.2. The quantitative estimate of drug-likeness (QED) is 0.513. The van der Waals surface area contributed by atoms with Gasteiger partial charge in [0.2, 0.25) is 0 Å². The normalized spacial score (nSPS) is 16.6. The minimum absolute atomic E-state index is 0.0341. The van der Waals surface area contributed by atoms with Crippen LogP contribution in [0, 0.1) is 11.6 Å². The molecule has 2 heterocycles. The Hall–Kier alpha value is -3.80. The van der Waals surface area contributed by atoms with Gasteiger partial charge in [0.25, 0.3) is 0 Å². The average Bonchev–Trinajstić information content (AvgIpc) is 3.27. The van der Waals surface area contributed by atoms with Crippen LogP contribution in [0.2, 0.25) is 0 Å². The number of morpholine rings is 1. The highest BCUT2D eigenvalue weighted by Crippen LogP contribution is 2.32. The topological polar surface area (TPSA) is 106 Å². The fourth-order valence-electron chi connectivity index (χ4n) is 5.09. The number of hydrogen-bond donors (Lipinski definition) is 1. The van der Waals surface area contributed by atoms with E-state index in [1.54, 1.807) is 12.1 Å². The summed E-state index contributed by atoms with van der Waals surface area (Å²) in [5, 5.41) is 17.6. The van der Waals surface area contributed by atoms with E-state index in [0.717, 1.165) is 48.9 Å². The number of rotatable bonds is 7. The van der Waals surface area contributed by atoms with Crippen molar-refractivity contribution in [2.75, 3.05) is 36.1 Å². The fraction of sp³-hybridized carbons (Fsp3) is 0.440. The van der Waals surface area contributed by atoms with Gasteiger partial charge in [-0.05, 0) is 53.6 Å². The molecule has 2 fully saturated rings. The summed E-state index contributed by atoms with van der Waals surface area (Å²) in [6.45, 7) is 2.19. The number of aromatic nitrogens is 4. The maximum atomic E-state index is 14.3. The first-order valence-corrected chi connectivity index (χ1v) is 12.4. The van der Waals surface area contributed by atoms with Crippen molar-refractivity contribution in [1.82, 2.24) is 19.8 Å². The van der Waals surface area contributed by atoms with Crippen LogP contribution in [0.5, 0.6) is 0 Å². The molecular weight excluding hydrogens is 486 g/mol. The number of para-hydroxylation sites is 1. The first-order valence-electron chi connectivity index (χ1n) is 12.4. The Balaban J connectivity index is 1.51. The van der Waals surface area contributed by atoms with Crippen LogP contribution in [-0.4, -0.2) is 63.2 Å². The lowest BCUT2D eigenvalue weighted by molar-refractivity contribution is 0.0696. The lowest BCUT2D eigenvalue weighted by atomic mass is 9.94. The van der Waals surface area contributed by atoms with Gasteiger partial charge in [-0.25, -0.2) is 18.4 Å². The van der Waals surface area contributed by atoms with Crippen LogP contribution in [0.15, 0.2) is 41.2 Å². The van der Waals surface area contributed by atoms with Crippen LogP contribution in [-0.2, 0) is 11.4 Å². The summed E-state index contributed by atoms with van der Waals surface area (Å²) >= 11 is 0. The van der Waals surface area contributed by atoms with E-state index in [4.69, 9.17) is 4.74 Å². The Kier molecular flexibility index (Phi) is 7.17. The summed E-state index contributed by atoms with van der Waals surface area (Å²) < 4.78 is 35.6. The SMILES string of the molecule is O=C(O)c1cc(N(Cn2nnn(-c3c(F)cccc3F)c2=O)C2CCCCC2)ccc1N1CCOCC1. The van der Waals surface area contributed by atoms with Gasteiger partial charge in [-0.3, -0.25) is 0 Å². The van der Waals surface area contributed by atoms with Crippen LogP contribution in [0.25, 0.3) is 5.69 Å². The van der Waals surface area contributed by atoms with Crippen LogP contribution < -0.4 is 15.5 Å². The molecule has 1 aliphatic carbocycles. The molecule has 0 amide bonds. The van der Waals surface area contributed by atoms with Gasteiger partial charge < -0.3 is 19.6 Å². The van der Waals surface area contributed by atoms with Crippen molar-refractivity contribution in [3.63, 3.8) is 0 Å². The second-order valence-corrected chi connectivity index (χ2v) is 9.25. The number of ether oxygens (including phenoxy) is 1. The van der Waals surface area contributed by atoms with E-state index in [0.29, 0.717) is 42.4 Å². The highest BCUT2D eigenvalue weighted by atomic mass is 19.1. The highest BCUT2D eigenvalue weighted by molar-refractivity contribution is 5.96. The molecule has 0 atom stereocenters. The lowest BCUT2D eigenvalue weighted by Gasteiger charge is -2.36. The molecule has 196 valence electrons. The van der Waals surface area contributed by atoms with E-state index in [1.165, 1.54) is 6.07 Å². The van der Waals surface area contributed by atoms with Gasteiger partial charge in [0, 0.05) is 24.8 Å². The van der Waals surface area contributed by atoms with E-state index >= 15 is 0 Å². The molecule has 5 rings (SSSR count). The second kappa shape index (κ2) is 10.7. The van der Waals surface area contributed by atoms with Crippen molar-refractivity contribution in [2.24, 2.45) is 0 Å². The number of aromatic carboxylic acids is 1. The minimum atomic E-state index is -1.05. The zero-order valence-corrected chi connectivity index (χ0v) is 20.2. The highest BCUT2D eigenvalue weighted by Gasteiger charge is 2.27. The average molecular weight is 515 g/mol. The molecule has 37 heavy (non-hydrogen) atoms. The first kappa shape index (κ1) is 24.9. The predicted octanol–water partition coefficient (Wildman–Crippen LogP) is 3.04. The van der Waals surface area contributed by atoms with E-state index in [1.807, 2.05) is 15.9 Å². The number of nitrogens with zero attached hydrogens (tertiary/aromatic N) is 6. The largest absolute Gasteiger partial charge is 0.478 e. The molecule has 0 bridgehead atoms. The number of carboxylic acids is 1. The van der Waals surface area contributed by atoms with Gasteiger partial charge in [0.05, 0.1) is 24.5 Å². The molecule has 0 radical (unpaired) electrons. The zero-order valence-electron chi connectivity index (χ0n) is 20.2. The number of carboxylic acid groups (broad SMARTS) is 1. The summed E-state index contributed by atoms with van der Waals surface area (Å²) in [5.74, 6) is -2.91. The molecule has 2 aliphatic rings. The van der Waals surface area contributed by atoms with Crippen molar-refractivity contribution in [3.8, 4) is 5.69 Å². The predicted molar refractivity (Wildman–Crippen MR) is 131 cm³/mol. The van der Waals surface area contributed by atoms with Gasteiger partial charge in [0.1, 0.15) is 12.4 Å². The van der Waals surface area contributed by atoms with E-state index < -0.39 is 29.0 Å². The number of benzene rings is 2. The van der Waals surface area contributed by atoms with E-state index in [-0.39, 0.29) is 18.3 Å². The number of anilines is 2. The molecular formula is C25H28F2N6O4. The molecule has 1 aromatic heterocycles. The summed E-state index contributed by atoms with van der Waals surface area (Å²) in [6.07, 6.45) is 4.82. The van der Waals surface area contributed by atoms with Crippen molar-refractivity contribution in [2.45, 2.75) is 44.8 Å². The van der Waals surface area contributed by atoms with Crippen molar-refractivity contribution >= 4 is 17.3 Å². The van der Waals surface area contributed by atoms with Gasteiger partial charge in [-0.1, -0.05) is 25.3 Å². The maximum Gasteiger partial charge on any atom is 0.370 e. The Morgan fingerprint density at radius 1 is 1.05 bits per heavy atom. The molecule has 1 saturated heterocycles. The fourth-order valence-corrected chi connectivity index (χ4v) is 5.09. The van der Waals surface area contributed by atoms with E-state index in [2.05, 4.69) is 10.4 Å². The van der Waals surface area contributed by atoms with Crippen molar-refractivity contribution in [3.05, 3.63) is 64.1 Å². The molecule has 1 saturated carbocycles. The van der Waals surface area contributed by atoms with Crippen LogP contribution in [0.4, 0.5) is 20.2 Å². The Morgan fingerprint density at radius 2 is 1.76 bits per heavy atom. The molecule has 12 heteroatoms. The summed E-state index contributed by atoms with van der Waals surface area (Å²) in [5.41, 5.74) is 0.00459. The summed E-state index contributed by atoms with van der Waals surface area (Å²) in [7, 11) is 0. The number of halogens is 2. The summed E-state index contributed by atoms with van der Waals surface area (Å²) in [6, 6.07) is 8.57. The third-order valence-electron chi connectivity index (χ3n) is 6.98. The molecule has 3 aromatic rings. The molecule has 1 N–H and O–H groups in total. The maximum absolute atomic E-state index is 14.3. The van der Waals surface area contributed by atoms with Crippen molar-refractivity contribution in [1.29, 1.82) is 0 Å².